The van der Waals surface area contributed by atoms with Gasteiger partial charge in [-0.3, -0.25) is 9.48 Å². The van der Waals surface area contributed by atoms with Crippen molar-refractivity contribution in [2.75, 3.05) is 13.7 Å². The van der Waals surface area contributed by atoms with E-state index in [1.54, 1.807) is 17.9 Å². The average Bonchev–Trinajstić information content (AvgIpc) is 3.33. The lowest BCUT2D eigenvalue weighted by atomic mass is 10.1. The fraction of sp³-hybridized carbons (Fsp3) is 0.444. The summed E-state index contributed by atoms with van der Waals surface area (Å²) in [5, 5.41) is 10.1. The lowest BCUT2D eigenvalue weighted by Gasteiger charge is -2.16. The number of carbonyl (C=O) groups excluding carboxylic acids is 1. The van der Waals surface area contributed by atoms with E-state index in [1.807, 2.05) is 37.5 Å². The Morgan fingerprint density at radius 1 is 1.42 bits per heavy atom. The van der Waals surface area contributed by atoms with Crippen LogP contribution in [0.25, 0.3) is 0 Å². The van der Waals surface area contributed by atoms with Crippen LogP contribution in [-0.4, -0.2) is 29.3 Å². The second-order valence-corrected chi connectivity index (χ2v) is 6.25. The zero-order valence-corrected chi connectivity index (χ0v) is 14.2. The predicted molar refractivity (Wildman–Crippen MR) is 91.5 cm³/mol. The Morgan fingerprint density at radius 2 is 2.21 bits per heavy atom. The van der Waals surface area contributed by atoms with Crippen molar-refractivity contribution < 1.29 is 9.53 Å². The van der Waals surface area contributed by atoms with Gasteiger partial charge in [0.25, 0.3) is 0 Å². The molecule has 1 aromatic heterocycles. The van der Waals surface area contributed by atoms with Gasteiger partial charge in [0.05, 0.1) is 12.8 Å². The van der Waals surface area contributed by atoms with Gasteiger partial charge in [-0.05, 0) is 31.9 Å². The Morgan fingerprint density at radius 3 is 2.88 bits per heavy atom. The molecule has 0 radical (unpaired) electrons. The number of hydrogen-bond donors (Lipinski definition) is 2. The maximum Gasteiger partial charge on any atom is 0.242 e. The average molecular weight is 328 g/mol. The molecule has 1 aromatic carbocycles. The molecule has 0 aliphatic heterocycles. The summed E-state index contributed by atoms with van der Waals surface area (Å²) in [6.45, 7) is 1.21. The van der Waals surface area contributed by atoms with Crippen LogP contribution in [-0.2, 0) is 18.4 Å². The van der Waals surface area contributed by atoms with Gasteiger partial charge in [-0.1, -0.05) is 18.2 Å². The number of rotatable bonds is 8. The van der Waals surface area contributed by atoms with E-state index in [0.717, 1.165) is 23.5 Å². The number of carbonyl (C=O) groups is 1. The Hall–Kier alpha value is -2.34. The summed E-state index contributed by atoms with van der Waals surface area (Å²) in [6.07, 6.45) is 6.06. The van der Waals surface area contributed by atoms with E-state index in [9.17, 15) is 4.79 Å². The van der Waals surface area contributed by atoms with Gasteiger partial charge in [0.15, 0.2) is 0 Å². The molecule has 0 saturated heterocycles. The summed E-state index contributed by atoms with van der Waals surface area (Å²) in [7, 11) is 3.60. The first kappa shape index (κ1) is 16.5. The zero-order chi connectivity index (χ0) is 16.9. The van der Waals surface area contributed by atoms with Crippen molar-refractivity contribution in [3.05, 3.63) is 47.8 Å². The van der Waals surface area contributed by atoms with Crippen LogP contribution in [0.3, 0.4) is 0 Å². The van der Waals surface area contributed by atoms with Gasteiger partial charge in [-0.15, -0.1) is 0 Å². The van der Waals surface area contributed by atoms with Crippen molar-refractivity contribution in [1.82, 2.24) is 20.4 Å². The molecule has 0 spiro atoms. The maximum atomic E-state index is 12.5. The molecule has 0 bridgehead atoms. The molecule has 1 aliphatic carbocycles. The quantitative estimate of drug-likeness (QED) is 0.775. The molecule has 1 aliphatic rings. The number of benzene rings is 1. The van der Waals surface area contributed by atoms with E-state index < -0.39 is 6.04 Å². The molecular formula is C18H24N4O2. The topological polar surface area (TPSA) is 68.2 Å². The van der Waals surface area contributed by atoms with Crippen LogP contribution in [0.4, 0.5) is 0 Å². The zero-order valence-electron chi connectivity index (χ0n) is 14.2. The highest BCUT2D eigenvalue weighted by Crippen LogP contribution is 2.30. The number of amides is 1. The first-order chi connectivity index (χ1) is 11.7. The van der Waals surface area contributed by atoms with E-state index >= 15 is 0 Å². The molecule has 1 unspecified atom stereocenters. The number of likely N-dealkylation sites (N-methyl/N-ethyl adjacent to an activating group) is 1. The predicted octanol–water partition coefficient (Wildman–Crippen LogP) is 1.79. The molecule has 6 heteroatoms. The molecule has 1 amide bonds. The number of hydrogen-bond acceptors (Lipinski definition) is 4. The second-order valence-electron chi connectivity index (χ2n) is 6.25. The van der Waals surface area contributed by atoms with Gasteiger partial charge in [-0.25, -0.2) is 0 Å². The monoisotopic (exact) mass is 328 g/mol. The van der Waals surface area contributed by atoms with E-state index in [2.05, 4.69) is 15.7 Å². The Balaban J connectivity index is 1.60. The molecule has 3 rings (SSSR count). The Labute approximate surface area is 142 Å². The molecule has 1 fully saturated rings. The fourth-order valence-corrected chi connectivity index (χ4v) is 2.61. The molecule has 2 aromatic rings. The van der Waals surface area contributed by atoms with Crippen molar-refractivity contribution in [3.63, 3.8) is 0 Å². The Bertz CT molecular complexity index is 694. The van der Waals surface area contributed by atoms with Gasteiger partial charge in [0.2, 0.25) is 5.91 Å². The standard InChI is InChI=1S/C18H24N4O2/c1-19-17(15-10-21-22(2)11-15)18(23)20-9-14-5-3-4-6-16(14)24-12-13-7-8-13/h3-6,10-11,13,17,19H,7-9,12H2,1-2H3,(H,20,23). The molecule has 1 saturated carbocycles. The van der Waals surface area contributed by atoms with Crippen LogP contribution in [0.2, 0.25) is 0 Å². The van der Waals surface area contributed by atoms with Crippen LogP contribution in [0.5, 0.6) is 5.75 Å². The number of ether oxygens (including phenoxy) is 1. The van der Waals surface area contributed by atoms with E-state index in [1.165, 1.54) is 12.8 Å². The first-order valence-electron chi connectivity index (χ1n) is 8.31. The van der Waals surface area contributed by atoms with Gasteiger partial charge in [0, 0.05) is 30.9 Å². The summed E-state index contributed by atoms with van der Waals surface area (Å²) in [5.41, 5.74) is 1.84. The van der Waals surface area contributed by atoms with Crippen molar-refractivity contribution >= 4 is 5.91 Å². The number of para-hydroxylation sites is 1. The summed E-state index contributed by atoms with van der Waals surface area (Å²) in [6, 6.07) is 7.45. The van der Waals surface area contributed by atoms with Crippen molar-refractivity contribution in [3.8, 4) is 5.75 Å². The second kappa shape index (κ2) is 7.49. The fourth-order valence-electron chi connectivity index (χ4n) is 2.61. The molecule has 6 nitrogen and oxygen atoms in total. The number of aromatic nitrogens is 2. The van der Waals surface area contributed by atoms with Gasteiger partial charge in [0.1, 0.15) is 11.8 Å². The lowest BCUT2D eigenvalue weighted by molar-refractivity contribution is -0.123. The van der Waals surface area contributed by atoms with E-state index in [-0.39, 0.29) is 5.91 Å². The van der Waals surface area contributed by atoms with Crippen LogP contribution >= 0.6 is 0 Å². The highest BCUT2D eigenvalue weighted by molar-refractivity contribution is 5.83. The van der Waals surface area contributed by atoms with Crippen LogP contribution in [0.1, 0.15) is 30.0 Å². The molecule has 24 heavy (non-hydrogen) atoms. The largest absolute Gasteiger partial charge is 0.493 e. The molecule has 1 heterocycles. The van der Waals surface area contributed by atoms with Crippen molar-refractivity contribution in [2.45, 2.75) is 25.4 Å². The van der Waals surface area contributed by atoms with Crippen molar-refractivity contribution in [2.24, 2.45) is 13.0 Å². The summed E-state index contributed by atoms with van der Waals surface area (Å²) in [4.78, 5) is 12.5. The Kier molecular flexibility index (Phi) is 5.15. The molecule has 1 atom stereocenters. The number of nitrogens with zero attached hydrogens (tertiary/aromatic N) is 2. The molecule has 128 valence electrons. The maximum absolute atomic E-state index is 12.5. The summed E-state index contributed by atoms with van der Waals surface area (Å²) < 4.78 is 7.58. The number of nitrogens with one attached hydrogen (secondary N) is 2. The van der Waals surface area contributed by atoms with Gasteiger partial charge >= 0.3 is 0 Å². The minimum absolute atomic E-state index is 0.0810. The van der Waals surface area contributed by atoms with Crippen LogP contribution in [0, 0.1) is 5.92 Å². The highest BCUT2D eigenvalue weighted by Gasteiger charge is 2.23. The first-order valence-corrected chi connectivity index (χ1v) is 8.31. The van der Waals surface area contributed by atoms with Crippen LogP contribution < -0.4 is 15.4 Å². The van der Waals surface area contributed by atoms with Gasteiger partial charge < -0.3 is 15.4 Å². The molecular weight excluding hydrogens is 304 g/mol. The third-order valence-corrected chi connectivity index (χ3v) is 4.21. The lowest BCUT2D eigenvalue weighted by Crippen LogP contribution is -2.35. The summed E-state index contributed by atoms with van der Waals surface area (Å²) >= 11 is 0. The highest BCUT2D eigenvalue weighted by atomic mass is 16.5. The smallest absolute Gasteiger partial charge is 0.242 e. The van der Waals surface area contributed by atoms with Crippen LogP contribution in [0.15, 0.2) is 36.7 Å². The number of aryl methyl sites for hydroxylation is 1. The third kappa shape index (κ3) is 4.14. The minimum atomic E-state index is -0.418. The molecule has 2 N–H and O–H groups in total. The van der Waals surface area contributed by atoms with Gasteiger partial charge in [-0.2, -0.15) is 5.10 Å². The minimum Gasteiger partial charge on any atom is -0.493 e. The summed E-state index contributed by atoms with van der Waals surface area (Å²) in [5.74, 6) is 1.47. The van der Waals surface area contributed by atoms with E-state index in [4.69, 9.17) is 4.74 Å². The normalized spacial score (nSPS) is 15.1. The van der Waals surface area contributed by atoms with E-state index in [0.29, 0.717) is 12.5 Å². The van der Waals surface area contributed by atoms with Crippen molar-refractivity contribution in [1.29, 1.82) is 0 Å². The SMILES string of the molecule is CNC(C(=O)NCc1ccccc1OCC1CC1)c1cnn(C)c1. The third-order valence-electron chi connectivity index (χ3n) is 4.21.